The first kappa shape index (κ1) is 30.6. The zero-order chi connectivity index (χ0) is 29.6. The van der Waals surface area contributed by atoms with Crippen LogP contribution in [0.3, 0.4) is 0 Å². The van der Waals surface area contributed by atoms with E-state index < -0.39 is 28.5 Å². The molecule has 1 atom stereocenters. The van der Waals surface area contributed by atoms with Crippen LogP contribution in [-0.4, -0.2) is 50.3 Å². The van der Waals surface area contributed by atoms with Crippen LogP contribution >= 0.6 is 11.6 Å². The molecule has 0 unspecified atom stereocenters. The Hall–Kier alpha value is -3.36. The van der Waals surface area contributed by atoms with Gasteiger partial charge in [-0.1, -0.05) is 60.8 Å². The number of carbonyl (C=O) groups excluding carboxylic acids is 2. The summed E-state index contributed by atoms with van der Waals surface area (Å²) < 4.78 is 29.0. The molecule has 1 saturated carbocycles. The third-order valence-electron chi connectivity index (χ3n) is 7.81. The van der Waals surface area contributed by atoms with Crippen LogP contribution in [0.25, 0.3) is 0 Å². The lowest BCUT2D eigenvalue weighted by Gasteiger charge is -2.32. The predicted octanol–water partition coefficient (Wildman–Crippen LogP) is 5.67. The summed E-state index contributed by atoms with van der Waals surface area (Å²) >= 11 is 6.03. The van der Waals surface area contributed by atoms with E-state index in [1.807, 2.05) is 50.2 Å². The van der Waals surface area contributed by atoms with Gasteiger partial charge in [0.2, 0.25) is 11.8 Å². The van der Waals surface area contributed by atoms with E-state index >= 15 is 0 Å². The maximum absolute atomic E-state index is 14.0. The minimum atomic E-state index is -4.13. The van der Waals surface area contributed by atoms with Gasteiger partial charge in [0.15, 0.2) is 0 Å². The molecule has 1 aliphatic rings. The summed E-state index contributed by atoms with van der Waals surface area (Å²) in [5.74, 6) is -0.678. The SMILES string of the molecule is Cc1ccc(N(CC(=O)N(CCc2ccccc2)[C@@H](C)C(=O)NC2CCCC2)S(=O)(=O)c2ccc(Cl)cc2)cc1C. The molecule has 3 aromatic rings. The standard InChI is InChI=1S/C32H38ClN3O4S/c1-23-13-16-29(21-24(23)2)36(41(39,40)30-17-14-27(33)15-18-30)22-31(37)35(20-19-26-9-5-4-6-10-26)25(3)32(38)34-28-11-7-8-12-28/h4-6,9-10,13-18,21,25,28H,7-8,11-12,19-20,22H2,1-3H3,(H,34,38)/t25-/m0/s1. The Morgan fingerprint density at radius 3 is 2.24 bits per heavy atom. The van der Waals surface area contributed by atoms with Gasteiger partial charge in [-0.15, -0.1) is 0 Å². The summed E-state index contributed by atoms with van der Waals surface area (Å²) in [6.07, 6.45) is 4.53. The van der Waals surface area contributed by atoms with E-state index in [2.05, 4.69) is 5.32 Å². The van der Waals surface area contributed by atoms with E-state index in [4.69, 9.17) is 11.6 Å². The number of carbonyl (C=O) groups is 2. The average molecular weight is 596 g/mol. The van der Waals surface area contributed by atoms with Crippen molar-refractivity contribution in [3.8, 4) is 0 Å². The van der Waals surface area contributed by atoms with Gasteiger partial charge >= 0.3 is 0 Å². The number of aryl methyl sites for hydroxylation is 2. The zero-order valence-electron chi connectivity index (χ0n) is 23.8. The first-order chi connectivity index (χ1) is 19.6. The highest BCUT2D eigenvalue weighted by Crippen LogP contribution is 2.27. The molecule has 4 rings (SSSR count). The van der Waals surface area contributed by atoms with Gasteiger partial charge in [0, 0.05) is 17.6 Å². The second-order valence-corrected chi connectivity index (χ2v) is 13.0. The van der Waals surface area contributed by atoms with Gasteiger partial charge < -0.3 is 10.2 Å². The van der Waals surface area contributed by atoms with Crippen LogP contribution in [0.1, 0.15) is 49.3 Å². The maximum Gasteiger partial charge on any atom is 0.264 e. The highest BCUT2D eigenvalue weighted by atomic mass is 35.5. The Bertz CT molecular complexity index is 1460. The minimum absolute atomic E-state index is 0.0239. The van der Waals surface area contributed by atoms with Crippen molar-refractivity contribution < 1.29 is 18.0 Å². The average Bonchev–Trinajstić information content (AvgIpc) is 3.47. The molecule has 218 valence electrons. The smallest absolute Gasteiger partial charge is 0.264 e. The number of hydrogen-bond donors (Lipinski definition) is 1. The number of benzene rings is 3. The molecule has 0 saturated heterocycles. The Morgan fingerprint density at radius 2 is 1.61 bits per heavy atom. The van der Waals surface area contributed by atoms with E-state index in [9.17, 15) is 18.0 Å². The van der Waals surface area contributed by atoms with Gasteiger partial charge in [-0.3, -0.25) is 13.9 Å². The first-order valence-electron chi connectivity index (χ1n) is 14.1. The lowest BCUT2D eigenvalue weighted by atomic mass is 10.1. The van der Waals surface area contributed by atoms with Crippen molar-refractivity contribution in [2.45, 2.75) is 69.9 Å². The fraction of sp³-hybridized carbons (Fsp3) is 0.375. The summed E-state index contributed by atoms with van der Waals surface area (Å²) in [5, 5.41) is 3.50. The van der Waals surface area contributed by atoms with Crippen molar-refractivity contribution in [2.24, 2.45) is 0 Å². The largest absolute Gasteiger partial charge is 0.352 e. The number of hydrogen-bond acceptors (Lipinski definition) is 4. The Balaban J connectivity index is 1.66. The summed E-state index contributed by atoms with van der Waals surface area (Å²) in [4.78, 5) is 28.9. The summed E-state index contributed by atoms with van der Waals surface area (Å²) in [7, 11) is -4.13. The fourth-order valence-corrected chi connectivity index (χ4v) is 6.64. The molecule has 1 aliphatic carbocycles. The van der Waals surface area contributed by atoms with E-state index in [1.165, 1.54) is 29.2 Å². The van der Waals surface area contributed by atoms with Crippen molar-refractivity contribution in [1.29, 1.82) is 0 Å². The van der Waals surface area contributed by atoms with Crippen molar-refractivity contribution >= 4 is 39.1 Å². The van der Waals surface area contributed by atoms with Crippen LogP contribution in [0.4, 0.5) is 5.69 Å². The van der Waals surface area contributed by atoms with E-state index in [0.717, 1.165) is 46.7 Å². The topological polar surface area (TPSA) is 86.8 Å². The van der Waals surface area contributed by atoms with Crippen LogP contribution < -0.4 is 9.62 Å². The van der Waals surface area contributed by atoms with Crippen molar-refractivity contribution in [2.75, 3.05) is 17.4 Å². The lowest BCUT2D eigenvalue weighted by molar-refractivity contribution is -0.139. The highest BCUT2D eigenvalue weighted by molar-refractivity contribution is 7.92. The van der Waals surface area contributed by atoms with E-state index in [-0.39, 0.29) is 23.4 Å². The number of amides is 2. The Kier molecular flexibility index (Phi) is 10.1. The lowest BCUT2D eigenvalue weighted by Crippen LogP contribution is -2.53. The number of sulfonamides is 1. The minimum Gasteiger partial charge on any atom is -0.352 e. The summed E-state index contributed by atoms with van der Waals surface area (Å²) in [6.45, 7) is 5.36. The van der Waals surface area contributed by atoms with E-state index in [0.29, 0.717) is 17.1 Å². The maximum atomic E-state index is 14.0. The number of nitrogens with zero attached hydrogens (tertiary/aromatic N) is 2. The second-order valence-electron chi connectivity index (χ2n) is 10.7. The molecule has 0 bridgehead atoms. The molecule has 0 radical (unpaired) electrons. The highest BCUT2D eigenvalue weighted by Gasteiger charge is 2.33. The Morgan fingerprint density at radius 1 is 0.951 bits per heavy atom. The second kappa shape index (κ2) is 13.5. The normalized spacial score (nSPS) is 14.4. The van der Waals surface area contributed by atoms with Gasteiger partial charge in [-0.05, 0) is 93.1 Å². The zero-order valence-corrected chi connectivity index (χ0v) is 25.4. The molecule has 7 nitrogen and oxygen atoms in total. The van der Waals surface area contributed by atoms with Gasteiger partial charge in [0.1, 0.15) is 12.6 Å². The van der Waals surface area contributed by atoms with Crippen LogP contribution in [0, 0.1) is 13.8 Å². The number of nitrogens with one attached hydrogen (secondary N) is 1. The summed E-state index contributed by atoms with van der Waals surface area (Å²) in [6, 6.07) is 20.2. The molecule has 0 aliphatic heterocycles. The van der Waals surface area contributed by atoms with Crippen molar-refractivity contribution in [1.82, 2.24) is 10.2 Å². The quantitative estimate of drug-likeness (QED) is 0.309. The molecule has 9 heteroatoms. The predicted molar refractivity (Wildman–Crippen MR) is 164 cm³/mol. The molecular weight excluding hydrogens is 558 g/mol. The molecule has 0 heterocycles. The monoisotopic (exact) mass is 595 g/mol. The summed E-state index contributed by atoms with van der Waals surface area (Å²) in [5.41, 5.74) is 3.30. The molecule has 1 N–H and O–H groups in total. The number of halogens is 1. The fourth-order valence-electron chi connectivity index (χ4n) is 5.11. The molecule has 0 spiro atoms. The molecular formula is C32H38ClN3O4S. The number of rotatable bonds is 11. The molecule has 41 heavy (non-hydrogen) atoms. The van der Waals surface area contributed by atoms with Gasteiger partial charge in [-0.25, -0.2) is 8.42 Å². The molecule has 3 aromatic carbocycles. The third-order valence-corrected chi connectivity index (χ3v) is 9.85. The van der Waals surface area contributed by atoms with Crippen LogP contribution in [0.5, 0.6) is 0 Å². The van der Waals surface area contributed by atoms with Gasteiger partial charge in [0.05, 0.1) is 10.6 Å². The van der Waals surface area contributed by atoms with Crippen LogP contribution in [0.2, 0.25) is 5.02 Å². The molecule has 0 aromatic heterocycles. The van der Waals surface area contributed by atoms with Gasteiger partial charge in [-0.2, -0.15) is 0 Å². The van der Waals surface area contributed by atoms with E-state index in [1.54, 1.807) is 19.1 Å². The third kappa shape index (κ3) is 7.68. The van der Waals surface area contributed by atoms with Gasteiger partial charge in [0.25, 0.3) is 10.0 Å². The molecule has 2 amide bonds. The Labute approximate surface area is 248 Å². The van der Waals surface area contributed by atoms with Crippen LogP contribution in [0.15, 0.2) is 77.7 Å². The first-order valence-corrected chi connectivity index (χ1v) is 15.9. The number of anilines is 1. The van der Waals surface area contributed by atoms with Crippen molar-refractivity contribution in [3.05, 3.63) is 94.5 Å². The molecule has 1 fully saturated rings. The van der Waals surface area contributed by atoms with Crippen LogP contribution in [-0.2, 0) is 26.0 Å². The van der Waals surface area contributed by atoms with Crippen molar-refractivity contribution in [3.63, 3.8) is 0 Å².